The normalized spacial score (nSPS) is 12.9. The third kappa shape index (κ3) is 5.57. The van der Waals surface area contributed by atoms with E-state index in [-0.39, 0.29) is 11.8 Å². The summed E-state index contributed by atoms with van der Waals surface area (Å²) in [5.41, 5.74) is 0.568. The van der Waals surface area contributed by atoms with E-state index < -0.39 is 11.7 Å². The number of benzene rings is 1. The highest BCUT2D eigenvalue weighted by Gasteiger charge is 2.17. The molecule has 0 aliphatic carbocycles. The van der Waals surface area contributed by atoms with Gasteiger partial charge in [0, 0.05) is 6.04 Å². The zero-order valence-electron chi connectivity index (χ0n) is 11.4. The first-order valence-corrected chi connectivity index (χ1v) is 6.04. The van der Waals surface area contributed by atoms with Crippen LogP contribution in [0.4, 0.5) is 4.79 Å². The van der Waals surface area contributed by atoms with E-state index in [1.165, 1.54) is 0 Å². The van der Waals surface area contributed by atoms with Crippen LogP contribution in [0.3, 0.4) is 0 Å². The fourth-order valence-electron chi connectivity index (χ4n) is 1.55. The molecule has 100 valence electrons. The molecular formula is C14H21NO3. The Morgan fingerprint density at radius 3 is 2.39 bits per heavy atom. The van der Waals surface area contributed by atoms with Crippen molar-refractivity contribution >= 4 is 6.09 Å². The van der Waals surface area contributed by atoms with Crippen LogP contribution in [0.15, 0.2) is 24.3 Å². The minimum atomic E-state index is -0.484. The average Bonchev–Trinajstić information content (AvgIpc) is 2.18. The predicted octanol–water partition coefficient (Wildman–Crippen LogP) is 2.85. The highest BCUT2D eigenvalue weighted by Crippen LogP contribution is 2.12. The van der Waals surface area contributed by atoms with Crippen molar-refractivity contribution in [2.45, 2.75) is 45.8 Å². The Bertz CT molecular complexity index is 392. The van der Waals surface area contributed by atoms with Gasteiger partial charge in [0.15, 0.2) is 0 Å². The molecule has 0 aliphatic rings. The van der Waals surface area contributed by atoms with Crippen molar-refractivity contribution in [1.29, 1.82) is 0 Å². The van der Waals surface area contributed by atoms with Crippen LogP contribution in [-0.4, -0.2) is 22.8 Å². The molecule has 0 spiro atoms. The summed E-state index contributed by atoms with van der Waals surface area (Å²) in [4.78, 5) is 11.5. The van der Waals surface area contributed by atoms with Gasteiger partial charge in [-0.1, -0.05) is 12.1 Å². The molecule has 1 aromatic carbocycles. The molecule has 0 fully saturated rings. The Morgan fingerprint density at radius 1 is 1.33 bits per heavy atom. The molecule has 0 aliphatic heterocycles. The minimum absolute atomic E-state index is 0.0237. The van der Waals surface area contributed by atoms with Crippen molar-refractivity contribution in [3.63, 3.8) is 0 Å². The number of nitrogens with one attached hydrogen (secondary N) is 1. The van der Waals surface area contributed by atoms with Crippen molar-refractivity contribution in [2.24, 2.45) is 0 Å². The zero-order valence-corrected chi connectivity index (χ0v) is 11.4. The molecule has 1 atom stereocenters. The van der Waals surface area contributed by atoms with Crippen LogP contribution in [0, 0.1) is 0 Å². The van der Waals surface area contributed by atoms with Crippen LogP contribution in [0.25, 0.3) is 0 Å². The van der Waals surface area contributed by atoms with Gasteiger partial charge < -0.3 is 15.2 Å². The maximum Gasteiger partial charge on any atom is 0.407 e. The molecular weight excluding hydrogens is 230 g/mol. The second-order valence-electron chi connectivity index (χ2n) is 5.42. The van der Waals surface area contributed by atoms with Crippen molar-refractivity contribution in [2.75, 3.05) is 0 Å². The number of ether oxygens (including phenoxy) is 1. The first kappa shape index (κ1) is 14.4. The number of amides is 1. The quantitative estimate of drug-likeness (QED) is 0.868. The van der Waals surface area contributed by atoms with Crippen LogP contribution >= 0.6 is 0 Å². The van der Waals surface area contributed by atoms with Crippen molar-refractivity contribution in [3.8, 4) is 5.75 Å². The fraction of sp³-hybridized carbons (Fsp3) is 0.500. The Balaban J connectivity index is 2.44. The lowest BCUT2D eigenvalue weighted by molar-refractivity contribution is 0.0508. The van der Waals surface area contributed by atoms with E-state index in [1.54, 1.807) is 12.1 Å². The molecule has 18 heavy (non-hydrogen) atoms. The Hall–Kier alpha value is -1.71. The lowest BCUT2D eigenvalue weighted by atomic mass is 10.1. The van der Waals surface area contributed by atoms with Gasteiger partial charge in [0.05, 0.1) is 0 Å². The first-order chi connectivity index (χ1) is 8.26. The lowest BCUT2D eigenvalue weighted by Gasteiger charge is -2.22. The molecule has 0 saturated carbocycles. The van der Waals surface area contributed by atoms with Gasteiger partial charge in [-0.2, -0.15) is 0 Å². The molecule has 1 aromatic rings. The molecule has 0 saturated heterocycles. The van der Waals surface area contributed by atoms with E-state index in [4.69, 9.17) is 4.74 Å². The van der Waals surface area contributed by atoms with Gasteiger partial charge in [0.2, 0.25) is 0 Å². The number of phenols is 1. The maximum absolute atomic E-state index is 11.5. The first-order valence-electron chi connectivity index (χ1n) is 6.04. The summed E-state index contributed by atoms with van der Waals surface area (Å²) in [6, 6.07) is 6.92. The Labute approximate surface area is 108 Å². The van der Waals surface area contributed by atoms with Gasteiger partial charge in [-0.15, -0.1) is 0 Å². The molecule has 0 bridgehead atoms. The molecule has 0 radical (unpaired) electrons. The van der Waals surface area contributed by atoms with Crippen LogP contribution in [0.2, 0.25) is 0 Å². The number of hydrogen-bond acceptors (Lipinski definition) is 3. The van der Waals surface area contributed by atoms with Crippen LogP contribution in [0.5, 0.6) is 5.75 Å². The van der Waals surface area contributed by atoms with Crippen molar-refractivity contribution in [1.82, 2.24) is 5.32 Å². The van der Waals surface area contributed by atoms with E-state index >= 15 is 0 Å². The summed E-state index contributed by atoms with van der Waals surface area (Å²) in [5, 5.41) is 11.9. The van der Waals surface area contributed by atoms with Gasteiger partial charge >= 0.3 is 6.09 Å². The molecule has 1 rings (SSSR count). The van der Waals surface area contributed by atoms with Crippen LogP contribution < -0.4 is 5.32 Å². The van der Waals surface area contributed by atoms with Gasteiger partial charge in [-0.05, 0) is 51.8 Å². The van der Waals surface area contributed by atoms with Crippen LogP contribution in [-0.2, 0) is 11.2 Å². The number of hydrogen-bond donors (Lipinski definition) is 2. The Morgan fingerprint density at radius 2 is 1.89 bits per heavy atom. The number of carbonyl (C=O) groups excluding carboxylic acids is 1. The summed E-state index contributed by atoms with van der Waals surface area (Å²) < 4.78 is 5.18. The summed E-state index contributed by atoms with van der Waals surface area (Å²) in [6.07, 6.45) is 0.285. The van der Waals surface area contributed by atoms with E-state index in [0.717, 1.165) is 5.56 Å². The lowest BCUT2D eigenvalue weighted by Crippen LogP contribution is -2.38. The van der Waals surface area contributed by atoms with E-state index in [2.05, 4.69) is 5.32 Å². The zero-order chi connectivity index (χ0) is 13.8. The second kappa shape index (κ2) is 5.76. The molecule has 2 N–H and O–H groups in total. The number of phenolic OH excluding ortho intramolecular Hbond substituents is 1. The van der Waals surface area contributed by atoms with Gasteiger partial charge in [0.25, 0.3) is 0 Å². The molecule has 4 nitrogen and oxygen atoms in total. The Kier molecular flexibility index (Phi) is 4.59. The largest absolute Gasteiger partial charge is 0.508 e. The molecule has 0 aromatic heterocycles. The summed E-state index contributed by atoms with van der Waals surface area (Å²) in [5.74, 6) is 0.242. The summed E-state index contributed by atoms with van der Waals surface area (Å²) >= 11 is 0. The third-order valence-corrected chi connectivity index (χ3v) is 2.24. The summed E-state index contributed by atoms with van der Waals surface area (Å²) in [6.45, 7) is 7.41. The predicted molar refractivity (Wildman–Crippen MR) is 70.6 cm³/mol. The minimum Gasteiger partial charge on any atom is -0.508 e. The maximum atomic E-state index is 11.5. The number of aromatic hydroxyl groups is 1. The fourth-order valence-corrected chi connectivity index (χ4v) is 1.55. The molecule has 1 amide bonds. The molecule has 4 heteroatoms. The van der Waals surface area contributed by atoms with Gasteiger partial charge in [-0.3, -0.25) is 0 Å². The monoisotopic (exact) mass is 251 g/mol. The third-order valence-electron chi connectivity index (χ3n) is 2.24. The second-order valence-corrected chi connectivity index (χ2v) is 5.42. The highest BCUT2D eigenvalue weighted by atomic mass is 16.6. The topological polar surface area (TPSA) is 58.6 Å². The van der Waals surface area contributed by atoms with E-state index in [9.17, 15) is 9.90 Å². The standard InChI is InChI=1S/C14H21NO3/c1-10(15-13(17)18-14(2,3)4)9-11-5-7-12(16)8-6-11/h5-8,10,16H,9H2,1-4H3,(H,15,17). The van der Waals surface area contributed by atoms with E-state index in [1.807, 2.05) is 39.8 Å². The SMILES string of the molecule is CC(Cc1ccc(O)cc1)NC(=O)OC(C)(C)C. The number of alkyl carbamates (subject to hydrolysis) is 1. The van der Waals surface area contributed by atoms with Gasteiger partial charge in [0.1, 0.15) is 11.4 Å². The van der Waals surface area contributed by atoms with Crippen molar-refractivity contribution < 1.29 is 14.6 Å². The highest BCUT2D eigenvalue weighted by molar-refractivity contribution is 5.68. The molecule has 1 unspecified atom stereocenters. The molecule has 0 heterocycles. The smallest absolute Gasteiger partial charge is 0.407 e. The average molecular weight is 251 g/mol. The van der Waals surface area contributed by atoms with Gasteiger partial charge in [-0.25, -0.2) is 4.79 Å². The summed E-state index contributed by atoms with van der Waals surface area (Å²) in [7, 11) is 0. The van der Waals surface area contributed by atoms with Crippen LogP contribution in [0.1, 0.15) is 33.3 Å². The number of carbonyl (C=O) groups is 1. The van der Waals surface area contributed by atoms with E-state index in [0.29, 0.717) is 6.42 Å². The van der Waals surface area contributed by atoms with Crippen molar-refractivity contribution in [3.05, 3.63) is 29.8 Å². The number of rotatable bonds is 3.